The molecule has 0 spiro atoms. The van der Waals surface area contributed by atoms with Crippen molar-refractivity contribution in [2.75, 3.05) is 62.4 Å². The van der Waals surface area contributed by atoms with E-state index in [9.17, 15) is 0 Å². The van der Waals surface area contributed by atoms with Gasteiger partial charge in [-0.05, 0) is 148 Å². The summed E-state index contributed by atoms with van der Waals surface area (Å²) in [6, 6.07) is 23.9. The monoisotopic (exact) mass is 706 g/mol. The van der Waals surface area contributed by atoms with Crippen LogP contribution in [0.5, 0.6) is 11.5 Å². The molecule has 0 saturated carbocycles. The highest BCUT2D eigenvalue weighted by atomic mass is 16.7. The zero-order valence-electron chi connectivity index (χ0n) is 30.3. The second-order valence-electron chi connectivity index (χ2n) is 13.5. The van der Waals surface area contributed by atoms with Crippen LogP contribution in [0.15, 0.2) is 83.1 Å². The van der Waals surface area contributed by atoms with Crippen LogP contribution in [-0.2, 0) is 9.68 Å². The normalized spacial score (nSPS) is 15.7. The standard InChI is InChI=1S/C40H50N8O4/c1-31-3-13-39(45-43-31)47-21-15-33(16-22-47)19-25-49-37-9-5-35(6-10-37)29-41-51-27-28-52-42-30-36-7-11-38(12-8-36)50-26-20-34-17-23-48(24-18-34)40-14-4-32(2)44-46-40/h3-14,29-30,33-34H,15-28H2,1-2H3/b41-29+,42-30+. The molecule has 2 fully saturated rings. The minimum Gasteiger partial charge on any atom is -0.494 e. The zero-order chi connectivity index (χ0) is 35.8. The van der Waals surface area contributed by atoms with Crippen LogP contribution < -0.4 is 19.3 Å². The number of aryl methyl sites for hydroxylation is 2. The maximum Gasteiger partial charge on any atom is 0.153 e. The minimum atomic E-state index is 0.290. The van der Waals surface area contributed by atoms with Gasteiger partial charge in [0.1, 0.15) is 11.5 Å². The fraction of sp³-hybridized carbons (Fsp3) is 0.450. The Bertz CT molecular complexity index is 1540. The fourth-order valence-corrected chi connectivity index (χ4v) is 6.39. The Labute approximate surface area is 306 Å². The van der Waals surface area contributed by atoms with Crippen molar-refractivity contribution in [3.05, 3.63) is 95.3 Å². The number of hydrogen-bond acceptors (Lipinski definition) is 12. The summed E-state index contributed by atoms with van der Waals surface area (Å²) in [5.74, 6) is 4.99. The molecule has 12 nitrogen and oxygen atoms in total. The number of nitrogens with zero attached hydrogens (tertiary/aromatic N) is 8. The molecule has 0 atom stereocenters. The van der Waals surface area contributed by atoms with Gasteiger partial charge in [0.05, 0.1) is 37.0 Å². The Hall–Kier alpha value is -5.26. The third-order valence-electron chi connectivity index (χ3n) is 9.61. The molecule has 52 heavy (non-hydrogen) atoms. The molecule has 0 amide bonds. The van der Waals surface area contributed by atoms with Gasteiger partial charge in [-0.2, -0.15) is 10.2 Å². The average molecular weight is 707 g/mol. The summed E-state index contributed by atoms with van der Waals surface area (Å²) in [5.41, 5.74) is 3.75. The van der Waals surface area contributed by atoms with E-state index in [0.29, 0.717) is 25.0 Å². The maximum absolute atomic E-state index is 6.01. The van der Waals surface area contributed by atoms with E-state index < -0.39 is 0 Å². The van der Waals surface area contributed by atoms with Crippen molar-refractivity contribution >= 4 is 24.1 Å². The van der Waals surface area contributed by atoms with Gasteiger partial charge in [0.15, 0.2) is 24.8 Å². The third-order valence-corrected chi connectivity index (χ3v) is 9.61. The Morgan fingerprint density at radius 1 is 0.538 bits per heavy atom. The van der Waals surface area contributed by atoms with E-state index >= 15 is 0 Å². The van der Waals surface area contributed by atoms with Crippen LogP contribution in [0.4, 0.5) is 11.6 Å². The molecule has 4 heterocycles. The molecule has 274 valence electrons. The molecule has 0 N–H and O–H groups in total. The predicted molar refractivity (Wildman–Crippen MR) is 204 cm³/mol. The minimum absolute atomic E-state index is 0.290. The van der Waals surface area contributed by atoms with Crippen LogP contribution in [0.1, 0.15) is 61.0 Å². The lowest BCUT2D eigenvalue weighted by Crippen LogP contribution is -2.34. The highest BCUT2D eigenvalue weighted by Crippen LogP contribution is 2.26. The summed E-state index contributed by atoms with van der Waals surface area (Å²) in [6.45, 7) is 9.97. The molecule has 6 rings (SSSR count). The maximum atomic E-state index is 6.01. The Morgan fingerprint density at radius 2 is 0.942 bits per heavy atom. The number of benzene rings is 2. The third kappa shape index (κ3) is 11.6. The van der Waals surface area contributed by atoms with Crippen LogP contribution in [-0.4, -0.2) is 85.4 Å². The highest BCUT2D eigenvalue weighted by molar-refractivity contribution is 5.79. The topological polar surface area (TPSA) is 120 Å². The zero-order valence-corrected chi connectivity index (χ0v) is 30.3. The SMILES string of the molecule is Cc1ccc(N2CCC(CCOc3ccc(/C=N/OCCO/N=C/c4ccc(OCCC5CCN(c6ccc(C)nn6)CC5)cc4)cc3)CC2)nn1. The van der Waals surface area contributed by atoms with Gasteiger partial charge in [-0.1, -0.05) is 10.3 Å². The molecule has 0 radical (unpaired) electrons. The first kappa shape index (κ1) is 36.5. The van der Waals surface area contributed by atoms with Crippen molar-refractivity contribution < 1.29 is 19.1 Å². The summed E-state index contributed by atoms with van der Waals surface area (Å²) in [5, 5.41) is 25.1. The lowest BCUT2D eigenvalue weighted by atomic mass is 9.94. The molecule has 4 aromatic rings. The predicted octanol–water partition coefficient (Wildman–Crippen LogP) is 6.66. The van der Waals surface area contributed by atoms with Crippen molar-refractivity contribution in [1.29, 1.82) is 0 Å². The average Bonchev–Trinajstić information content (AvgIpc) is 3.18. The largest absolute Gasteiger partial charge is 0.494 e. The van der Waals surface area contributed by atoms with Crippen LogP contribution in [0.25, 0.3) is 0 Å². The van der Waals surface area contributed by atoms with Crippen molar-refractivity contribution in [3.63, 3.8) is 0 Å². The molecule has 0 bridgehead atoms. The first-order valence-corrected chi connectivity index (χ1v) is 18.4. The number of hydrogen-bond donors (Lipinski definition) is 0. The number of piperidine rings is 2. The molecular weight excluding hydrogens is 656 g/mol. The van der Waals surface area contributed by atoms with Gasteiger partial charge in [0, 0.05) is 26.2 Å². The fourth-order valence-electron chi connectivity index (χ4n) is 6.39. The lowest BCUT2D eigenvalue weighted by Gasteiger charge is -2.32. The van der Waals surface area contributed by atoms with E-state index in [-0.39, 0.29) is 13.2 Å². The smallest absolute Gasteiger partial charge is 0.153 e. The molecule has 2 aromatic carbocycles. The van der Waals surface area contributed by atoms with Crippen LogP contribution >= 0.6 is 0 Å². The van der Waals surface area contributed by atoms with Crippen molar-refractivity contribution in [2.24, 2.45) is 22.1 Å². The summed E-state index contributed by atoms with van der Waals surface area (Å²) in [4.78, 5) is 15.3. The Balaban J connectivity index is 0.775. The van der Waals surface area contributed by atoms with Gasteiger partial charge in [0.25, 0.3) is 0 Å². The molecule has 2 aliphatic heterocycles. The van der Waals surface area contributed by atoms with Crippen LogP contribution in [0.2, 0.25) is 0 Å². The molecule has 2 aliphatic rings. The van der Waals surface area contributed by atoms with Crippen molar-refractivity contribution in [2.45, 2.75) is 52.4 Å². The number of ether oxygens (including phenoxy) is 2. The van der Waals surface area contributed by atoms with E-state index in [4.69, 9.17) is 19.1 Å². The lowest BCUT2D eigenvalue weighted by molar-refractivity contribution is 0.0553. The van der Waals surface area contributed by atoms with E-state index in [1.165, 1.54) is 0 Å². The van der Waals surface area contributed by atoms with Crippen LogP contribution in [0.3, 0.4) is 0 Å². The Morgan fingerprint density at radius 3 is 1.31 bits per heavy atom. The first-order chi connectivity index (χ1) is 25.6. The second kappa shape index (κ2) is 19.4. The number of oxime groups is 2. The molecule has 12 heteroatoms. The molecule has 0 aliphatic carbocycles. The van der Waals surface area contributed by atoms with E-state index in [1.54, 1.807) is 12.4 Å². The first-order valence-electron chi connectivity index (χ1n) is 18.4. The summed E-state index contributed by atoms with van der Waals surface area (Å²) < 4.78 is 12.0. The summed E-state index contributed by atoms with van der Waals surface area (Å²) in [6.07, 6.45) is 10.0. The number of anilines is 2. The van der Waals surface area contributed by atoms with Gasteiger partial charge in [-0.25, -0.2) is 0 Å². The van der Waals surface area contributed by atoms with Crippen LogP contribution in [0, 0.1) is 25.7 Å². The molecule has 0 unspecified atom stereocenters. The van der Waals surface area contributed by atoms with Gasteiger partial charge in [-0.15, -0.1) is 10.2 Å². The second-order valence-corrected chi connectivity index (χ2v) is 13.5. The quantitative estimate of drug-likeness (QED) is 0.0670. The highest BCUT2D eigenvalue weighted by Gasteiger charge is 2.21. The van der Waals surface area contributed by atoms with Gasteiger partial charge < -0.3 is 28.9 Å². The molecule has 2 saturated heterocycles. The molecular formula is C40H50N8O4. The van der Waals surface area contributed by atoms with Crippen molar-refractivity contribution in [3.8, 4) is 11.5 Å². The summed E-state index contributed by atoms with van der Waals surface area (Å²) in [7, 11) is 0. The van der Waals surface area contributed by atoms with Gasteiger partial charge >= 0.3 is 0 Å². The number of aromatic nitrogens is 4. The van der Waals surface area contributed by atoms with E-state index in [1.807, 2.05) is 74.5 Å². The van der Waals surface area contributed by atoms with E-state index in [2.05, 4.69) is 52.6 Å². The molecule has 2 aromatic heterocycles. The van der Waals surface area contributed by atoms with Gasteiger partial charge in [0.2, 0.25) is 0 Å². The number of rotatable bonds is 17. The van der Waals surface area contributed by atoms with Crippen molar-refractivity contribution in [1.82, 2.24) is 20.4 Å². The van der Waals surface area contributed by atoms with E-state index in [0.717, 1.165) is 110 Å². The summed E-state index contributed by atoms with van der Waals surface area (Å²) >= 11 is 0. The van der Waals surface area contributed by atoms with Gasteiger partial charge in [-0.3, -0.25) is 0 Å². The Kier molecular flexibility index (Phi) is 13.6.